The minimum atomic E-state index is -0.850. The molecule has 1 aliphatic rings. The number of carboxylic acid groups (broad SMARTS) is 1. The minimum Gasteiger partial charge on any atom is -0.478 e. The largest absolute Gasteiger partial charge is 0.478 e. The van der Waals surface area contributed by atoms with Gasteiger partial charge in [-0.05, 0) is 70.7 Å². The Balaban J connectivity index is 2.49. The lowest BCUT2D eigenvalue weighted by atomic mass is 9.87. The Morgan fingerprint density at radius 1 is 1.40 bits per heavy atom. The van der Waals surface area contributed by atoms with E-state index in [0.717, 1.165) is 34.0 Å². The summed E-state index contributed by atoms with van der Waals surface area (Å²) in [6, 6.07) is 6.25. The maximum atomic E-state index is 10.7. The highest BCUT2D eigenvalue weighted by atomic mass is 127. The molecule has 0 spiro atoms. The number of benzene rings is 1. The van der Waals surface area contributed by atoms with Crippen LogP contribution in [0.3, 0.4) is 0 Å². The van der Waals surface area contributed by atoms with Crippen LogP contribution >= 0.6 is 22.6 Å². The number of carboxylic acids is 1. The average molecular weight is 314 g/mol. The number of halogens is 1. The Hall–Kier alpha value is -0.840. The molecule has 0 aromatic heterocycles. The van der Waals surface area contributed by atoms with Crippen molar-refractivity contribution in [1.29, 1.82) is 0 Å². The molecule has 1 aromatic rings. The third-order valence-corrected chi connectivity index (χ3v) is 3.28. The van der Waals surface area contributed by atoms with E-state index in [2.05, 4.69) is 40.8 Å². The highest BCUT2D eigenvalue weighted by Crippen LogP contribution is 2.31. The van der Waals surface area contributed by atoms with Gasteiger partial charge in [0.15, 0.2) is 0 Å². The maximum Gasteiger partial charge on any atom is 0.328 e. The molecule has 0 unspecified atom stereocenters. The quantitative estimate of drug-likeness (QED) is 0.639. The fraction of sp³-hybridized carbons (Fsp3) is 0.250. The van der Waals surface area contributed by atoms with Crippen molar-refractivity contribution in [3.05, 3.63) is 39.0 Å². The van der Waals surface area contributed by atoms with Gasteiger partial charge in [0.05, 0.1) is 0 Å². The summed E-state index contributed by atoms with van der Waals surface area (Å²) in [5, 5.41) is 8.78. The highest BCUT2D eigenvalue weighted by Gasteiger charge is 2.14. The van der Waals surface area contributed by atoms with Gasteiger partial charge in [0.1, 0.15) is 0 Å². The summed E-state index contributed by atoms with van der Waals surface area (Å²) < 4.78 is 1.16. The Kier molecular flexibility index (Phi) is 3.09. The number of hydrogen-bond acceptors (Lipinski definition) is 1. The molecule has 0 heterocycles. The third-order valence-electron chi connectivity index (χ3n) is 2.61. The topological polar surface area (TPSA) is 37.3 Å². The normalized spacial score (nSPS) is 17.5. The summed E-state index contributed by atoms with van der Waals surface area (Å²) in [5.74, 6) is -0.850. The molecule has 0 saturated heterocycles. The van der Waals surface area contributed by atoms with Gasteiger partial charge >= 0.3 is 5.97 Å². The van der Waals surface area contributed by atoms with Gasteiger partial charge in [0, 0.05) is 9.65 Å². The third kappa shape index (κ3) is 2.40. The second kappa shape index (κ2) is 4.35. The molecular formula is C12H11IO2. The van der Waals surface area contributed by atoms with Crippen LogP contribution < -0.4 is 0 Å². The molecular weight excluding hydrogens is 303 g/mol. The standard InChI is InChI=1S/C12H11IO2/c13-10-5-4-8-2-1-3-9(6-12(14)15)11(8)7-10/h4-7H,1-3H2,(H,14,15)/b9-6-. The first-order chi connectivity index (χ1) is 7.16. The molecule has 0 bridgehead atoms. The molecule has 15 heavy (non-hydrogen) atoms. The van der Waals surface area contributed by atoms with Gasteiger partial charge in [-0.2, -0.15) is 0 Å². The van der Waals surface area contributed by atoms with Crippen LogP contribution in [-0.2, 0) is 11.2 Å². The number of allylic oxidation sites excluding steroid dienone is 1. The smallest absolute Gasteiger partial charge is 0.328 e. The number of rotatable bonds is 1. The monoisotopic (exact) mass is 314 g/mol. The lowest BCUT2D eigenvalue weighted by Gasteiger charge is -2.18. The second-order valence-electron chi connectivity index (χ2n) is 3.66. The van der Waals surface area contributed by atoms with Crippen LogP contribution in [0.1, 0.15) is 24.0 Å². The van der Waals surface area contributed by atoms with Crippen molar-refractivity contribution >= 4 is 34.1 Å². The second-order valence-corrected chi connectivity index (χ2v) is 4.91. The summed E-state index contributed by atoms with van der Waals surface area (Å²) in [4.78, 5) is 10.7. The van der Waals surface area contributed by atoms with Gasteiger partial charge in [-0.1, -0.05) is 6.07 Å². The van der Waals surface area contributed by atoms with Crippen LogP contribution in [0.25, 0.3) is 5.57 Å². The van der Waals surface area contributed by atoms with Crippen molar-refractivity contribution in [1.82, 2.24) is 0 Å². The van der Waals surface area contributed by atoms with Crippen molar-refractivity contribution in [2.75, 3.05) is 0 Å². The van der Waals surface area contributed by atoms with Crippen molar-refractivity contribution in [2.45, 2.75) is 19.3 Å². The van der Waals surface area contributed by atoms with E-state index in [1.165, 1.54) is 11.6 Å². The van der Waals surface area contributed by atoms with E-state index < -0.39 is 5.97 Å². The highest BCUT2D eigenvalue weighted by molar-refractivity contribution is 14.1. The van der Waals surface area contributed by atoms with Gasteiger partial charge in [0.25, 0.3) is 0 Å². The Labute approximate surface area is 102 Å². The zero-order chi connectivity index (χ0) is 10.8. The zero-order valence-electron chi connectivity index (χ0n) is 8.16. The predicted molar refractivity (Wildman–Crippen MR) is 67.7 cm³/mol. The fourth-order valence-corrected chi connectivity index (χ4v) is 2.46. The van der Waals surface area contributed by atoms with E-state index in [1.54, 1.807) is 0 Å². The van der Waals surface area contributed by atoms with Crippen LogP contribution in [0.2, 0.25) is 0 Å². The van der Waals surface area contributed by atoms with E-state index >= 15 is 0 Å². The van der Waals surface area contributed by atoms with E-state index in [0.29, 0.717) is 0 Å². The van der Waals surface area contributed by atoms with E-state index in [4.69, 9.17) is 5.11 Å². The van der Waals surface area contributed by atoms with Crippen LogP contribution in [-0.4, -0.2) is 11.1 Å². The van der Waals surface area contributed by atoms with Gasteiger partial charge in [0.2, 0.25) is 0 Å². The Morgan fingerprint density at radius 3 is 2.93 bits per heavy atom. The van der Waals surface area contributed by atoms with Gasteiger partial charge in [-0.25, -0.2) is 4.79 Å². The molecule has 0 atom stereocenters. The molecule has 3 heteroatoms. The lowest BCUT2D eigenvalue weighted by Crippen LogP contribution is -2.04. The average Bonchev–Trinajstić information content (AvgIpc) is 2.18. The summed E-state index contributed by atoms with van der Waals surface area (Å²) in [5.41, 5.74) is 3.35. The molecule has 0 radical (unpaired) electrons. The van der Waals surface area contributed by atoms with Crippen molar-refractivity contribution in [3.63, 3.8) is 0 Å². The van der Waals surface area contributed by atoms with E-state index in [9.17, 15) is 4.79 Å². The number of fused-ring (bicyclic) bond motifs is 1. The van der Waals surface area contributed by atoms with Crippen molar-refractivity contribution in [3.8, 4) is 0 Å². The number of aliphatic carboxylic acids is 1. The van der Waals surface area contributed by atoms with Crippen LogP contribution in [0.4, 0.5) is 0 Å². The predicted octanol–water partition coefficient (Wildman–Crippen LogP) is 3.10. The van der Waals surface area contributed by atoms with Gasteiger partial charge < -0.3 is 5.11 Å². The van der Waals surface area contributed by atoms with Crippen LogP contribution in [0, 0.1) is 3.57 Å². The Bertz CT molecular complexity index is 435. The molecule has 0 amide bonds. The van der Waals surface area contributed by atoms with Crippen molar-refractivity contribution in [2.24, 2.45) is 0 Å². The molecule has 1 N–H and O–H groups in total. The van der Waals surface area contributed by atoms with Crippen LogP contribution in [0.5, 0.6) is 0 Å². The lowest BCUT2D eigenvalue weighted by molar-refractivity contribution is -0.131. The Morgan fingerprint density at radius 2 is 2.20 bits per heavy atom. The SMILES string of the molecule is O=C(O)/C=C1/CCCc2ccc(I)cc21. The molecule has 1 aliphatic carbocycles. The summed E-state index contributed by atoms with van der Waals surface area (Å²) in [6.45, 7) is 0. The van der Waals surface area contributed by atoms with Crippen molar-refractivity contribution < 1.29 is 9.90 Å². The summed E-state index contributed by atoms with van der Waals surface area (Å²) in [6.07, 6.45) is 4.32. The zero-order valence-corrected chi connectivity index (χ0v) is 10.3. The molecule has 0 saturated carbocycles. The molecule has 2 nitrogen and oxygen atoms in total. The minimum absolute atomic E-state index is 0.850. The molecule has 2 rings (SSSR count). The summed E-state index contributed by atoms with van der Waals surface area (Å²) >= 11 is 2.25. The van der Waals surface area contributed by atoms with Gasteiger partial charge in [-0.15, -0.1) is 0 Å². The van der Waals surface area contributed by atoms with Crippen LogP contribution in [0.15, 0.2) is 24.3 Å². The van der Waals surface area contributed by atoms with E-state index in [1.807, 2.05) is 0 Å². The number of carbonyl (C=O) groups is 1. The fourth-order valence-electron chi connectivity index (χ4n) is 1.97. The first-order valence-electron chi connectivity index (χ1n) is 4.89. The molecule has 0 aliphatic heterocycles. The first-order valence-corrected chi connectivity index (χ1v) is 5.97. The number of aryl methyl sites for hydroxylation is 1. The molecule has 78 valence electrons. The molecule has 1 aromatic carbocycles. The van der Waals surface area contributed by atoms with Gasteiger partial charge in [-0.3, -0.25) is 0 Å². The number of hydrogen-bond donors (Lipinski definition) is 1. The summed E-state index contributed by atoms with van der Waals surface area (Å²) in [7, 11) is 0. The molecule has 0 fully saturated rings. The first kappa shape index (κ1) is 10.7. The van der Waals surface area contributed by atoms with E-state index in [-0.39, 0.29) is 0 Å². The maximum absolute atomic E-state index is 10.7.